The van der Waals surface area contributed by atoms with Crippen molar-refractivity contribution in [2.45, 2.75) is 87.0 Å². The molecule has 1 aromatic carbocycles. The van der Waals surface area contributed by atoms with Gasteiger partial charge in [0.25, 0.3) is 0 Å². The average molecular weight is 399 g/mol. The monoisotopic (exact) mass is 398 g/mol. The van der Waals surface area contributed by atoms with Gasteiger partial charge in [0.2, 0.25) is 0 Å². The highest BCUT2D eigenvalue weighted by atomic mass is 16.3. The van der Waals surface area contributed by atoms with E-state index < -0.39 is 0 Å². The molecule has 0 amide bonds. The minimum Gasteiger partial charge on any atom is -0.507 e. The molecule has 162 valence electrons. The van der Waals surface area contributed by atoms with E-state index in [0.717, 1.165) is 17.7 Å². The summed E-state index contributed by atoms with van der Waals surface area (Å²) in [5.74, 6) is 2.00. The summed E-state index contributed by atoms with van der Waals surface area (Å²) in [6.07, 6.45) is 4.81. The largest absolute Gasteiger partial charge is 0.507 e. The molecule has 2 rings (SSSR count). The van der Waals surface area contributed by atoms with Gasteiger partial charge in [0.05, 0.1) is 5.69 Å². The SMILES string of the molecule is CC(CCC(c1cc(-c2ccccc2O)n[nH]1)C(C)CC(C)(C)C)CC(C)(C)C. The molecule has 1 aromatic heterocycles. The van der Waals surface area contributed by atoms with Crippen molar-refractivity contribution < 1.29 is 5.11 Å². The number of hydrogen-bond donors (Lipinski definition) is 2. The van der Waals surface area contributed by atoms with Crippen LogP contribution in [0.1, 0.15) is 92.7 Å². The standard InChI is InChI=1S/C26H42N2O/c1-18(16-25(3,4)5)13-14-20(19(2)17-26(6,7)8)22-15-23(28-27-22)21-11-9-10-12-24(21)29/h9-12,15,18-20,29H,13-14,16-17H2,1-8H3,(H,27,28). The molecule has 3 unspecified atom stereocenters. The number of rotatable bonds is 8. The predicted octanol–water partition coefficient (Wildman–Crippen LogP) is 7.79. The van der Waals surface area contributed by atoms with Crippen molar-refractivity contribution in [2.75, 3.05) is 0 Å². The number of aromatic nitrogens is 2. The first-order chi connectivity index (χ1) is 13.4. The number of H-pyrrole nitrogens is 1. The molecule has 0 saturated carbocycles. The molecule has 1 heterocycles. The molecule has 29 heavy (non-hydrogen) atoms. The van der Waals surface area contributed by atoms with Crippen LogP contribution in [-0.4, -0.2) is 15.3 Å². The molecule has 0 aliphatic carbocycles. The summed E-state index contributed by atoms with van der Waals surface area (Å²) in [4.78, 5) is 0. The molecule has 2 N–H and O–H groups in total. The zero-order valence-electron chi connectivity index (χ0n) is 19.8. The Bertz CT molecular complexity index is 764. The lowest BCUT2D eigenvalue weighted by Gasteiger charge is -2.31. The van der Waals surface area contributed by atoms with Crippen molar-refractivity contribution in [3.05, 3.63) is 36.0 Å². The normalized spacial score (nSPS) is 15.9. The smallest absolute Gasteiger partial charge is 0.125 e. The van der Waals surface area contributed by atoms with E-state index >= 15 is 0 Å². The highest BCUT2D eigenvalue weighted by Gasteiger charge is 2.27. The highest BCUT2D eigenvalue weighted by molar-refractivity contribution is 5.66. The molecule has 0 bridgehead atoms. The summed E-state index contributed by atoms with van der Waals surface area (Å²) >= 11 is 0. The lowest BCUT2D eigenvalue weighted by molar-refractivity contribution is 0.246. The van der Waals surface area contributed by atoms with Gasteiger partial charge in [-0.1, -0.05) is 73.9 Å². The Morgan fingerprint density at radius 3 is 2.14 bits per heavy atom. The maximum absolute atomic E-state index is 10.2. The van der Waals surface area contributed by atoms with E-state index in [0.29, 0.717) is 28.6 Å². The number of phenolic OH excluding ortho intramolecular Hbond substituents is 1. The Morgan fingerprint density at radius 1 is 0.931 bits per heavy atom. The molecule has 0 aliphatic heterocycles. The van der Waals surface area contributed by atoms with Gasteiger partial charge >= 0.3 is 0 Å². The predicted molar refractivity (Wildman–Crippen MR) is 124 cm³/mol. The summed E-state index contributed by atoms with van der Waals surface area (Å²) in [5.41, 5.74) is 3.49. The van der Waals surface area contributed by atoms with Gasteiger partial charge in [-0.15, -0.1) is 0 Å². The second-order valence-electron chi connectivity index (χ2n) is 11.5. The summed E-state index contributed by atoms with van der Waals surface area (Å²) in [6.45, 7) is 18.7. The van der Waals surface area contributed by atoms with E-state index in [4.69, 9.17) is 0 Å². The third-order valence-electron chi connectivity index (χ3n) is 5.73. The summed E-state index contributed by atoms with van der Waals surface area (Å²) in [6, 6.07) is 9.58. The van der Waals surface area contributed by atoms with E-state index in [1.54, 1.807) is 6.07 Å². The van der Waals surface area contributed by atoms with Gasteiger partial charge in [-0.05, 0) is 60.1 Å². The first-order valence-electron chi connectivity index (χ1n) is 11.2. The van der Waals surface area contributed by atoms with Crippen LogP contribution in [0.25, 0.3) is 11.3 Å². The number of nitrogens with zero attached hydrogens (tertiary/aromatic N) is 1. The minimum atomic E-state index is 0.281. The molecule has 3 nitrogen and oxygen atoms in total. The molecule has 0 spiro atoms. The van der Waals surface area contributed by atoms with Crippen LogP contribution in [0.2, 0.25) is 0 Å². The van der Waals surface area contributed by atoms with Crippen LogP contribution in [0.4, 0.5) is 0 Å². The summed E-state index contributed by atoms with van der Waals surface area (Å²) < 4.78 is 0. The van der Waals surface area contributed by atoms with Crippen LogP contribution in [-0.2, 0) is 0 Å². The number of aromatic amines is 1. The topological polar surface area (TPSA) is 48.9 Å². The Morgan fingerprint density at radius 2 is 1.55 bits per heavy atom. The molecule has 3 atom stereocenters. The lowest BCUT2D eigenvalue weighted by atomic mass is 9.75. The van der Waals surface area contributed by atoms with Crippen LogP contribution in [0, 0.1) is 22.7 Å². The maximum Gasteiger partial charge on any atom is 0.125 e. The number of aromatic hydroxyl groups is 1. The van der Waals surface area contributed by atoms with Crippen LogP contribution < -0.4 is 0 Å². The fourth-order valence-corrected chi connectivity index (χ4v) is 4.82. The first kappa shape index (κ1) is 23.5. The van der Waals surface area contributed by atoms with Crippen LogP contribution in [0.5, 0.6) is 5.75 Å². The van der Waals surface area contributed by atoms with Crippen LogP contribution in [0.15, 0.2) is 30.3 Å². The second kappa shape index (κ2) is 9.36. The van der Waals surface area contributed by atoms with Gasteiger partial charge in [0.1, 0.15) is 5.75 Å². The average Bonchev–Trinajstić information content (AvgIpc) is 3.01. The maximum atomic E-state index is 10.2. The van der Waals surface area contributed by atoms with Crippen molar-refractivity contribution >= 4 is 0 Å². The number of benzene rings is 1. The van der Waals surface area contributed by atoms with Crippen LogP contribution >= 0.6 is 0 Å². The van der Waals surface area contributed by atoms with Gasteiger partial charge in [-0.2, -0.15) is 5.10 Å². The van der Waals surface area contributed by atoms with E-state index in [1.165, 1.54) is 25.0 Å². The zero-order chi connectivity index (χ0) is 21.8. The van der Waals surface area contributed by atoms with Crippen molar-refractivity contribution in [1.82, 2.24) is 10.2 Å². The first-order valence-corrected chi connectivity index (χ1v) is 11.2. The Labute approximate surface area is 178 Å². The fraction of sp³-hybridized carbons (Fsp3) is 0.654. The van der Waals surface area contributed by atoms with Crippen molar-refractivity contribution in [2.24, 2.45) is 22.7 Å². The summed E-state index contributed by atoms with van der Waals surface area (Å²) in [5, 5.41) is 18.1. The molecule has 0 fully saturated rings. The number of para-hydroxylation sites is 1. The molecule has 2 aromatic rings. The molecular formula is C26H42N2O. The van der Waals surface area contributed by atoms with E-state index in [2.05, 4.69) is 71.7 Å². The Kier molecular flexibility index (Phi) is 7.59. The van der Waals surface area contributed by atoms with Gasteiger partial charge in [-0.3, -0.25) is 5.10 Å². The van der Waals surface area contributed by atoms with Crippen molar-refractivity contribution in [3.63, 3.8) is 0 Å². The Hall–Kier alpha value is -1.77. The third-order valence-corrected chi connectivity index (χ3v) is 5.73. The second-order valence-corrected chi connectivity index (χ2v) is 11.5. The molecule has 0 saturated heterocycles. The molecule has 0 aliphatic rings. The van der Waals surface area contributed by atoms with E-state index in [-0.39, 0.29) is 5.75 Å². The molecule has 3 heteroatoms. The van der Waals surface area contributed by atoms with Crippen molar-refractivity contribution in [1.29, 1.82) is 0 Å². The molecular weight excluding hydrogens is 356 g/mol. The highest BCUT2D eigenvalue weighted by Crippen LogP contribution is 2.39. The van der Waals surface area contributed by atoms with Crippen LogP contribution in [0.3, 0.4) is 0 Å². The minimum absolute atomic E-state index is 0.281. The van der Waals surface area contributed by atoms with Gasteiger partial charge < -0.3 is 5.11 Å². The number of nitrogens with one attached hydrogen (secondary N) is 1. The van der Waals surface area contributed by atoms with Crippen molar-refractivity contribution in [3.8, 4) is 17.0 Å². The fourth-order valence-electron chi connectivity index (χ4n) is 4.82. The zero-order valence-corrected chi connectivity index (χ0v) is 19.8. The summed E-state index contributed by atoms with van der Waals surface area (Å²) in [7, 11) is 0. The number of phenols is 1. The van der Waals surface area contributed by atoms with Gasteiger partial charge in [-0.25, -0.2) is 0 Å². The van der Waals surface area contributed by atoms with E-state index in [1.807, 2.05) is 18.2 Å². The van der Waals surface area contributed by atoms with Gasteiger partial charge in [0, 0.05) is 17.2 Å². The van der Waals surface area contributed by atoms with Gasteiger partial charge in [0.15, 0.2) is 0 Å². The lowest BCUT2D eigenvalue weighted by Crippen LogP contribution is -2.19. The molecule has 0 radical (unpaired) electrons. The quantitative estimate of drug-likeness (QED) is 0.476. The third kappa shape index (κ3) is 7.53. The Balaban J connectivity index is 2.22. The number of hydrogen-bond acceptors (Lipinski definition) is 2. The van der Waals surface area contributed by atoms with E-state index in [9.17, 15) is 5.11 Å².